The predicted octanol–water partition coefficient (Wildman–Crippen LogP) is 3.17. The van der Waals surface area contributed by atoms with Crippen LogP contribution in [0.1, 0.15) is 43.2 Å². The maximum absolute atomic E-state index is 12.1. The Morgan fingerprint density at radius 3 is 2.59 bits per heavy atom. The molecule has 1 aliphatic carbocycles. The molecule has 0 bridgehead atoms. The van der Waals surface area contributed by atoms with Crippen molar-refractivity contribution in [1.29, 1.82) is 0 Å². The zero-order valence-corrected chi connectivity index (χ0v) is 15.8. The van der Waals surface area contributed by atoms with Crippen LogP contribution in [0, 0.1) is 0 Å². The number of carbonyl (C=O) groups excluding carboxylic acids is 3. The summed E-state index contributed by atoms with van der Waals surface area (Å²) in [5.74, 6) is -0.637. The van der Waals surface area contributed by atoms with Crippen molar-refractivity contribution in [2.45, 2.75) is 44.9 Å². The molecule has 2 aliphatic rings. The first kappa shape index (κ1) is 17.9. The number of amides is 3. The van der Waals surface area contributed by atoms with E-state index in [2.05, 4.69) is 28.5 Å². The van der Waals surface area contributed by atoms with Crippen LogP contribution in [0.4, 0.5) is 5.13 Å². The molecule has 0 spiro atoms. The van der Waals surface area contributed by atoms with E-state index in [0.29, 0.717) is 5.13 Å². The third-order valence-corrected chi connectivity index (χ3v) is 5.87. The number of nitrogens with zero attached hydrogens (tertiary/aromatic N) is 2. The number of hydrogen-bond acceptors (Lipinski definition) is 5. The van der Waals surface area contributed by atoms with Gasteiger partial charge in [0, 0.05) is 36.8 Å². The topological polar surface area (TPSA) is 79.4 Å². The summed E-state index contributed by atoms with van der Waals surface area (Å²) in [7, 11) is 0. The molecule has 1 saturated heterocycles. The van der Waals surface area contributed by atoms with E-state index in [4.69, 9.17) is 0 Å². The van der Waals surface area contributed by atoms with Gasteiger partial charge in [-0.2, -0.15) is 0 Å². The SMILES string of the molecule is O=C(CCN1C(=O)CCC1=O)Nc1nc(-c2ccc3c(c2)CCCC3)cs1. The maximum atomic E-state index is 12.1. The molecule has 1 aromatic heterocycles. The lowest BCUT2D eigenvalue weighted by Crippen LogP contribution is -2.32. The van der Waals surface area contributed by atoms with Crippen molar-refractivity contribution in [3.05, 3.63) is 34.7 Å². The highest BCUT2D eigenvalue weighted by atomic mass is 32.1. The minimum atomic E-state index is -0.242. The highest BCUT2D eigenvalue weighted by Gasteiger charge is 2.28. The average molecular weight is 383 g/mol. The number of benzene rings is 1. The van der Waals surface area contributed by atoms with Gasteiger partial charge in [-0.3, -0.25) is 19.3 Å². The predicted molar refractivity (Wildman–Crippen MR) is 103 cm³/mol. The van der Waals surface area contributed by atoms with Gasteiger partial charge in [-0.15, -0.1) is 11.3 Å². The molecular weight excluding hydrogens is 362 g/mol. The number of fused-ring (bicyclic) bond motifs is 1. The van der Waals surface area contributed by atoms with Crippen LogP contribution in [0.3, 0.4) is 0 Å². The summed E-state index contributed by atoms with van der Waals surface area (Å²) in [6, 6.07) is 6.49. The fourth-order valence-electron chi connectivity index (χ4n) is 3.62. The van der Waals surface area contributed by atoms with Crippen LogP contribution in [0.5, 0.6) is 0 Å². The second kappa shape index (κ2) is 7.60. The highest BCUT2D eigenvalue weighted by molar-refractivity contribution is 7.14. The number of rotatable bonds is 5. The van der Waals surface area contributed by atoms with Crippen molar-refractivity contribution in [3.8, 4) is 11.3 Å². The standard InChI is InChI=1S/C20H21N3O3S/c24-17(9-10-23-18(25)7-8-19(23)26)22-20-21-16(12-27-20)15-6-5-13-3-1-2-4-14(13)11-15/h5-6,11-12H,1-4,7-10H2,(H,21,22,24). The van der Waals surface area contributed by atoms with Gasteiger partial charge in [-0.05, 0) is 42.9 Å². The Hall–Kier alpha value is -2.54. The summed E-state index contributed by atoms with van der Waals surface area (Å²) in [5, 5.41) is 5.24. The van der Waals surface area contributed by atoms with Gasteiger partial charge in [0.15, 0.2) is 5.13 Å². The summed E-state index contributed by atoms with van der Waals surface area (Å²) < 4.78 is 0. The lowest BCUT2D eigenvalue weighted by atomic mass is 9.90. The normalized spacial score (nSPS) is 16.5. The second-order valence-electron chi connectivity index (χ2n) is 6.97. The summed E-state index contributed by atoms with van der Waals surface area (Å²) in [4.78, 5) is 41.0. The van der Waals surface area contributed by atoms with E-state index in [1.807, 2.05) is 5.38 Å². The molecular formula is C20H21N3O3S. The lowest BCUT2D eigenvalue weighted by molar-refractivity contribution is -0.138. The number of thiazole rings is 1. The van der Waals surface area contributed by atoms with Crippen molar-refractivity contribution in [3.63, 3.8) is 0 Å². The Balaban J connectivity index is 1.37. The number of likely N-dealkylation sites (tertiary alicyclic amines) is 1. The van der Waals surface area contributed by atoms with Gasteiger partial charge < -0.3 is 5.32 Å². The van der Waals surface area contributed by atoms with Gasteiger partial charge in [-0.1, -0.05) is 12.1 Å². The molecule has 2 aromatic rings. The first-order valence-electron chi connectivity index (χ1n) is 9.31. The zero-order chi connectivity index (χ0) is 18.8. The molecule has 27 heavy (non-hydrogen) atoms. The van der Waals surface area contributed by atoms with E-state index in [1.165, 1.54) is 40.2 Å². The molecule has 0 atom stereocenters. The van der Waals surface area contributed by atoms with Crippen molar-refractivity contribution in [2.24, 2.45) is 0 Å². The molecule has 3 amide bonds. The quantitative estimate of drug-likeness (QED) is 0.805. The van der Waals surface area contributed by atoms with Gasteiger partial charge >= 0.3 is 0 Å². The fourth-order valence-corrected chi connectivity index (χ4v) is 4.36. The molecule has 1 fully saturated rings. The number of imide groups is 1. The Labute approximate surface area is 161 Å². The molecule has 1 aromatic carbocycles. The van der Waals surface area contributed by atoms with Crippen LogP contribution in [-0.4, -0.2) is 34.2 Å². The fraction of sp³-hybridized carbons (Fsp3) is 0.400. The molecule has 0 radical (unpaired) electrons. The maximum Gasteiger partial charge on any atom is 0.229 e. The average Bonchev–Trinajstić information content (AvgIpc) is 3.26. The van der Waals surface area contributed by atoms with Crippen molar-refractivity contribution in [1.82, 2.24) is 9.88 Å². The number of aromatic nitrogens is 1. The molecule has 4 rings (SSSR count). The van der Waals surface area contributed by atoms with Crippen LogP contribution in [-0.2, 0) is 27.2 Å². The van der Waals surface area contributed by atoms with E-state index in [-0.39, 0.29) is 43.5 Å². The Morgan fingerprint density at radius 2 is 1.81 bits per heavy atom. The number of carbonyl (C=O) groups is 3. The van der Waals surface area contributed by atoms with E-state index in [9.17, 15) is 14.4 Å². The molecule has 0 unspecified atom stereocenters. The van der Waals surface area contributed by atoms with E-state index >= 15 is 0 Å². The first-order chi connectivity index (χ1) is 13.1. The molecule has 1 N–H and O–H groups in total. The molecule has 1 aliphatic heterocycles. The minimum Gasteiger partial charge on any atom is -0.302 e. The van der Waals surface area contributed by atoms with Gasteiger partial charge in [-0.25, -0.2) is 4.98 Å². The van der Waals surface area contributed by atoms with Crippen LogP contribution in [0.2, 0.25) is 0 Å². The van der Waals surface area contributed by atoms with Crippen LogP contribution >= 0.6 is 11.3 Å². The van der Waals surface area contributed by atoms with Gasteiger partial charge in [0.1, 0.15) is 0 Å². The van der Waals surface area contributed by atoms with E-state index in [1.54, 1.807) is 0 Å². The third kappa shape index (κ3) is 3.93. The van der Waals surface area contributed by atoms with E-state index < -0.39 is 0 Å². The first-order valence-corrected chi connectivity index (χ1v) is 10.2. The van der Waals surface area contributed by atoms with Crippen LogP contribution in [0.15, 0.2) is 23.6 Å². The molecule has 6 nitrogen and oxygen atoms in total. The number of aryl methyl sites for hydroxylation is 2. The Morgan fingerprint density at radius 1 is 1.07 bits per heavy atom. The monoisotopic (exact) mass is 383 g/mol. The summed E-state index contributed by atoms with van der Waals surface area (Å²) in [6.07, 6.45) is 5.34. The summed E-state index contributed by atoms with van der Waals surface area (Å²) >= 11 is 1.38. The number of hydrogen-bond donors (Lipinski definition) is 1. The van der Waals surface area contributed by atoms with Crippen LogP contribution in [0.25, 0.3) is 11.3 Å². The Kier molecular flexibility index (Phi) is 5.03. The van der Waals surface area contributed by atoms with Crippen molar-refractivity contribution in [2.75, 3.05) is 11.9 Å². The minimum absolute atomic E-state index is 0.0885. The molecule has 0 saturated carbocycles. The molecule has 2 heterocycles. The van der Waals surface area contributed by atoms with Gasteiger partial charge in [0.05, 0.1) is 5.69 Å². The Bertz CT molecular complexity index is 890. The van der Waals surface area contributed by atoms with Crippen LogP contribution < -0.4 is 5.32 Å². The highest BCUT2D eigenvalue weighted by Crippen LogP contribution is 2.29. The van der Waals surface area contributed by atoms with Gasteiger partial charge in [0.25, 0.3) is 0 Å². The second-order valence-corrected chi connectivity index (χ2v) is 7.82. The largest absolute Gasteiger partial charge is 0.302 e. The summed E-state index contributed by atoms with van der Waals surface area (Å²) in [6.45, 7) is 0.132. The van der Waals surface area contributed by atoms with Gasteiger partial charge in [0.2, 0.25) is 17.7 Å². The number of nitrogens with one attached hydrogen (secondary N) is 1. The molecule has 140 valence electrons. The van der Waals surface area contributed by atoms with Crippen molar-refractivity contribution < 1.29 is 14.4 Å². The van der Waals surface area contributed by atoms with Crippen molar-refractivity contribution >= 4 is 34.2 Å². The zero-order valence-electron chi connectivity index (χ0n) is 15.0. The molecule has 7 heteroatoms. The third-order valence-electron chi connectivity index (χ3n) is 5.11. The summed E-state index contributed by atoms with van der Waals surface area (Å²) in [5.41, 5.74) is 4.76. The lowest BCUT2D eigenvalue weighted by Gasteiger charge is -2.16. The van der Waals surface area contributed by atoms with E-state index in [0.717, 1.165) is 24.1 Å². The number of anilines is 1. The smallest absolute Gasteiger partial charge is 0.229 e.